The molecule has 2 fully saturated rings. The Labute approximate surface area is 122 Å². The Morgan fingerprint density at radius 1 is 0.850 bits per heavy atom. The van der Waals surface area contributed by atoms with E-state index >= 15 is 0 Å². The summed E-state index contributed by atoms with van der Waals surface area (Å²) in [6.07, 6.45) is 0. The molecular formula is C12H18ClN5O2. The van der Waals surface area contributed by atoms with Crippen molar-refractivity contribution in [1.29, 1.82) is 0 Å². The molecule has 0 aliphatic carbocycles. The van der Waals surface area contributed by atoms with E-state index in [1.165, 1.54) is 0 Å². The second kappa shape index (κ2) is 5.99. The highest BCUT2D eigenvalue weighted by molar-refractivity contribution is 6.35. The fourth-order valence-corrected chi connectivity index (χ4v) is 2.73. The summed E-state index contributed by atoms with van der Waals surface area (Å²) in [6, 6.07) is 0. The zero-order valence-electron chi connectivity index (χ0n) is 11.2. The van der Waals surface area contributed by atoms with Crippen LogP contribution >= 0.6 is 11.6 Å². The van der Waals surface area contributed by atoms with Crippen LogP contribution < -0.4 is 15.5 Å². The topological polar surface area (TPSA) is 76.7 Å². The molecule has 2 N–H and O–H groups in total. The largest absolute Gasteiger partial charge is 0.378 e. The second-order valence-corrected chi connectivity index (χ2v) is 5.12. The van der Waals surface area contributed by atoms with Gasteiger partial charge >= 0.3 is 0 Å². The third-order valence-corrected chi connectivity index (χ3v) is 3.79. The maximum atomic E-state index is 6.50. The number of nitrogen functional groups attached to an aromatic ring is 1. The summed E-state index contributed by atoms with van der Waals surface area (Å²) < 4.78 is 10.7. The maximum Gasteiger partial charge on any atom is 0.224 e. The lowest BCUT2D eigenvalue weighted by Gasteiger charge is -2.32. The van der Waals surface area contributed by atoms with Gasteiger partial charge in [0.15, 0.2) is 11.6 Å². The molecule has 8 heteroatoms. The highest BCUT2D eigenvalue weighted by Crippen LogP contribution is 2.33. The zero-order valence-corrected chi connectivity index (χ0v) is 12.0. The monoisotopic (exact) mass is 299 g/mol. The minimum absolute atomic E-state index is 0.248. The van der Waals surface area contributed by atoms with Crippen LogP contribution in [0.1, 0.15) is 0 Å². The maximum absolute atomic E-state index is 6.50. The molecule has 110 valence electrons. The molecule has 20 heavy (non-hydrogen) atoms. The van der Waals surface area contributed by atoms with Crippen LogP contribution in [0.2, 0.25) is 5.02 Å². The molecule has 2 aliphatic rings. The minimum atomic E-state index is 0.248. The van der Waals surface area contributed by atoms with Crippen molar-refractivity contribution in [3.63, 3.8) is 0 Å². The lowest BCUT2D eigenvalue weighted by atomic mass is 10.3. The Morgan fingerprint density at radius 3 is 1.65 bits per heavy atom. The van der Waals surface area contributed by atoms with Gasteiger partial charge in [0.2, 0.25) is 5.95 Å². The van der Waals surface area contributed by atoms with Gasteiger partial charge in [-0.2, -0.15) is 9.97 Å². The third-order valence-electron chi connectivity index (χ3n) is 3.45. The quantitative estimate of drug-likeness (QED) is 0.846. The molecular weight excluding hydrogens is 282 g/mol. The molecule has 3 rings (SSSR count). The number of ether oxygens (including phenoxy) is 2. The molecule has 0 radical (unpaired) electrons. The molecule has 3 heterocycles. The average Bonchev–Trinajstić information content (AvgIpc) is 2.51. The summed E-state index contributed by atoms with van der Waals surface area (Å²) in [4.78, 5) is 12.8. The van der Waals surface area contributed by atoms with Crippen molar-refractivity contribution in [1.82, 2.24) is 9.97 Å². The molecule has 0 atom stereocenters. The molecule has 1 aromatic rings. The van der Waals surface area contributed by atoms with Crippen LogP contribution in [-0.2, 0) is 9.47 Å². The van der Waals surface area contributed by atoms with Gasteiger partial charge in [-0.1, -0.05) is 11.6 Å². The Balaban J connectivity index is 1.91. The number of nitrogens with zero attached hydrogens (tertiary/aromatic N) is 4. The number of aromatic nitrogens is 2. The molecule has 1 aromatic heterocycles. The Kier molecular flexibility index (Phi) is 4.09. The number of morpholine rings is 2. The number of rotatable bonds is 2. The normalized spacial score (nSPS) is 20.2. The van der Waals surface area contributed by atoms with Crippen LogP contribution in [0.15, 0.2) is 0 Å². The number of halogens is 1. The van der Waals surface area contributed by atoms with Gasteiger partial charge in [-0.25, -0.2) is 0 Å². The minimum Gasteiger partial charge on any atom is -0.378 e. The summed E-state index contributed by atoms with van der Waals surface area (Å²) >= 11 is 6.50. The van der Waals surface area contributed by atoms with E-state index in [-0.39, 0.29) is 5.95 Å². The fraction of sp³-hybridized carbons (Fsp3) is 0.667. The number of hydrogen-bond acceptors (Lipinski definition) is 7. The SMILES string of the molecule is Nc1nc(N2CCOCC2)c(Cl)c(N2CCOCC2)n1. The van der Waals surface area contributed by atoms with Crippen molar-refractivity contribution in [2.24, 2.45) is 0 Å². The molecule has 0 spiro atoms. The third kappa shape index (κ3) is 2.74. The van der Waals surface area contributed by atoms with Gasteiger partial charge < -0.3 is 25.0 Å². The van der Waals surface area contributed by atoms with Gasteiger partial charge in [0.1, 0.15) is 5.02 Å². The summed E-state index contributed by atoms with van der Waals surface area (Å²) in [7, 11) is 0. The van der Waals surface area contributed by atoms with Gasteiger partial charge in [-0.3, -0.25) is 0 Å². The molecule has 7 nitrogen and oxygen atoms in total. The van der Waals surface area contributed by atoms with Gasteiger partial charge in [-0.05, 0) is 0 Å². The van der Waals surface area contributed by atoms with E-state index in [4.69, 9.17) is 26.8 Å². The smallest absolute Gasteiger partial charge is 0.224 e. The van der Waals surface area contributed by atoms with Crippen molar-refractivity contribution in [3.05, 3.63) is 5.02 Å². The highest BCUT2D eigenvalue weighted by Gasteiger charge is 2.23. The van der Waals surface area contributed by atoms with Crippen molar-refractivity contribution in [2.75, 3.05) is 68.1 Å². The highest BCUT2D eigenvalue weighted by atomic mass is 35.5. The molecule has 0 aromatic carbocycles. The van der Waals surface area contributed by atoms with E-state index < -0.39 is 0 Å². The Morgan fingerprint density at radius 2 is 1.25 bits per heavy atom. The van der Waals surface area contributed by atoms with Gasteiger partial charge in [0, 0.05) is 26.2 Å². The van der Waals surface area contributed by atoms with Gasteiger partial charge in [-0.15, -0.1) is 0 Å². The first-order valence-electron chi connectivity index (χ1n) is 6.74. The van der Waals surface area contributed by atoms with Crippen molar-refractivity contribution in [2.45, 2.75) is 0 Å². The summed E-state index contributed by atoms with van der Waals surface area (Å²) in [5.41, 5.74) is 5.84. The van der Waals surface area contributed by atoms with Gasteiger partial charge in [0.25, 0.3) is 0 Å². The van der Waals surface area contributed by atoms with Crippen LogP contribution in [0, 0.1) is 0 Å². The van der Waals surface area contributed by atoms with Crippen molar-refractivity contribution >= 4 is 29.2 Å². The number of anilines is 3. The molecule has 2 aliphatic heterocycles. The number of hydrogen-bond donors (Lipinski definition) is 1. The zero-order chi connectivity index (χ0) is 13.9. The summed E-state index contributed by atoms with van der Waals surface area (Å²) in [6.45, 7) is 5.75. The first-order valence-corrected chi connectivity index (χ1v) is 7.12. The Hall–Kier alpha value is -1.31. The first-order chi connectivity index (χ1) is 9.75. The van der Waals surface area contributed by atoms with E-state index in [2.05, 4.69) is 19.8 Å². The molecule has 2 saturated heterocycles. The van der Waals surface area contributed by atoms with Crippen LogP contribution in [0.5, 0.6) is 0 Å². The van der Waals surface area contributed by atoms with Crippen LogP contribution in [-0.4, -0.2) is 62.6 Å². The van der Waals surface area contributed by atoms with Crippen molar-refractivity contribution in [3.8, 4) is 0 Å². The molecule has 0 bridgehead atoms. The lowest BCUT2D eigenvalue weighted by molar-refractivity contribution is 0.122. The molecule has 0 saturated carbocycles. The van der Waals surface area contributed by atoms with E-state index in [1.54, 1.807) is 0 Å². The Bertz CT molecular complexity index is 436. The van der Waals surface area contributed by atoms with Gasteiger partial charge in [0.05, 0.1) is 26.4 Å². The predicted octanol–water partition coefficient (Wildman–Crippen LogP) is 0.385. The summed E-state index contributed by atoms with van der Waals surface area (Å²) in [5, 5.41) is 0.558. The van der Waals surface area contributed by atoms with E-state index in [0.717, 1.165) is 26.2 Å². The molecule has 0 unspecified atom stereocenters. The summed E-state index contributed by atoms with van der Waals surface area (Å²) in [5.74, 6) is 1.64. The lowest BCUT2D eigenvalue weighted by Crippen LogP contribution is -2.39. The van der Waals surface area contributed by atoms with E-state index in [9.17, 15) is 0 Å². The predicted molar refractivity (Wildman–Crippen MR) is 77.5 cm³/mol. The average molecular weight is 300 g/mol. The number of nitrogens with two attached hydrogens (primary N) is 1. The van der Waals surface area contributed by atoms with Crippen molar-refractivity contribution < 1.29 is 9.47 Å². The van der Waals surface area contributed by atoms with Crippen LogP contribution in [0.25, 0.3) is 0 Å². The molecule has 0 amide bonds. The second-order valence-electron chi connectivity index (χ2n) is 4.74. The van der Waals surface area contributed by atoms with Crippen LogP contribution in [0.4, 0.5) is 17.6 Å². The van der Waals surface area contributed by atoms with E-state index in [0.29, 0.717) is 43.1 Å². The fourth-order valence-electron chi connectivity index (χ4n) is 2.41. The first kappa shape index (κ1) is 13.7. The van der Waals surface area contributed by atoms with Crippen LogP contribution in [0.3, 0.4) is 0 Å². The standard InChI is InChI=1S/C12H18ClN5O2/c13-9-10(17-1-5-19-6-2-17)15-12(14)16-11(9)18-3-7-20-8-4-18/h1-8H2,(H2,14,15,16). The van der Waals surface area contributed by atoms with E-state index in [1.807, 2.05) is 0 Å².